The number of benzene rings is 3. The number of carbonyl (C=O) groups is 1. The smallest absolute Gasteiger partial charge is 0.325 e. The van der Waals surface area contributed by atoms with Crippen molar-refractivity contribution in [2.45, 2.75) is 11.1 Å². The number of nitrogens with one attached hydrogen (secondary N) is 2. The minimum atomic E-state index is -4.77. The summed E-state index contributed by atoms with van der Waals surface area (Å²) < 4.78 is 66.7. The molecule has 0 radical (unpaired) electrons. The van der Waals surface area contributed by atoms with Crippen molar-refractivity contribution in [2.75, 3.05) is 38.0 Å². The fraction of sp³-hybridized carbons (Fsp3) is 0.261. The van der Waals surface area contributed by atoms with E-state index in [2.05, 4.69) is 5.32 Å². The average molecular weight is 479 g/mol. The summed E-state index contributed by atoms with van der Waals surface area (Å²) in [6, 6.07) is 17.6. The van der Waals surface area contributed by atoms with E-state index in [4.69, 9.17) is 0 Å². The highest BCUT2D eigenvalue weighted by Gasteiger charge is 2.40. The van der Waals surface area contributed by atoms with Crippen LogP contribution in [0.3, 0.4) is 0 Å². The molecule has 0 bridgehead atoms. The third kappa shape index (κ3) is 5.18. The van der Waals surface area contributed by atoms with Crippen LogP contribution in [0.2, 0.25) is 0 Å². The fourth-order valence-electron chi connectivity index (χ4n) is 3.98. The molecular weight excluding hydrogens is 455 g/mol. The number of amides is 1. The number of nitrogens with zero attached hydrogens (tertiary/aromatic N) is 1. The molecule has 1 saturated heterocycles. The molecule has 10 heteroatoms. The predicted molar refractivity (Wildman–Crippen MR) is 118 cm³/mol. The molecule has 3 aromatic carbocycles. The van der Waals surface area contributed by atoms with E-state index in [1.54, 1.807) is 0 Å². The Morgan fingerprint density at radius 1 is 0.939 bits per heavy atom. The lowest BCUT2D eigenvalue weighted by Crippen LogP contribution is -3.15. The van der Waals surface area contributed by atoms with Gasteiger partial charge in [-0.1, -0.05) is 42.5 Å². The van der Waals surface area contributed by atoms with Gasteiger partial charge in [0.05, 0.1) is 36.6 Å². The van der Waals surface area contributed by atoms with Crippen LogP contribution in [-0.2, 0) is 21.0 Å². The highest BCUT2D eigenvalue weighted by atomic mass is 32.2. The second kappa shape index (κ2) is 9.12. The summed E-state index contributed by atoms with van der Waals surface area (Å²) in [5.41, 5.74) is -0.502. The van der Waals surface area contributed by atoms with Crippen molar-refractivity contribution in [1.82, 2.24) is 4.31 Å². The van der Waals surface area contributed by atoms with E-state index in [-0.39, 0.29) is 25.5 Å². The Morgan fingerprint density at radius 3 is 2.27 bits per heavy atom. The summed E-state index contributed by atoms with van der Waals surface area (Å²) in [6.07, 6.45) is -4.77. The fourth-order valence-corrected chi connectivity index (χ4v) is 5.64. The van der Waals surface area contributed by atoms with Crippen molar-refractivity contribution in [3.8, 4) is 0 Å². The number of hydrogen-bond acceptors (Lipinski definition) is 3. The molecule has 0 spiro atoms. The van der Waals surface area contributed by atoms with Crippen LogP contribution >= 0.6 is 0 Å². The van der Waals surface area contributed by atoms with Crippen LogP contribution in [-0.4, -0.2) is 51.4 Å². The maximum Gasteiger partial charge on any atom is 0.417 e. The first-order valence-electron chi connectivity index (χ1n) is 10.4. The number of piperazine rings is 1. The van der Waals surface area contributed by atoms with Crippen LogP contribution in [0.4, 0.5) is 18.9 Å². The van der Waals surface area contributed by atoms with Gasteiger partial charge >= 0.3 is 6.18 Å². The highest BCUT2D eigenvalue weighted by Crippen LogP contribution is 2.35. The molecule has 0 aromatic heterocycles. The van der Waals surface area contributed by atoms with Crippen molar-refractivity contribution < 1.29 is 31.3 Å². The van der Waals surface area contributed by atoms with E-state index in [0.717, 1.165) is 38.2 Å². The molecule has 1 heterocycles. The summed E-state index contributed by atoms with van der Waals surface area (Å²) in [4.78, 5) is 12.6. The monoisotopic (exact) mass is 478 g/mol. The number of anilines is 1. The Morgan fingerprint density at radius 2 is 1.58 bits per heavy atom. The predicted octanol–water partition coefficient (Wildman–Crippen LogP) is 2.39. The number of rotatable bonds is 5. The number of carbonyl (C=O) groups excluding carboxylic acids is 1. The Bertz CT molecular complexity index is 1270. The van der Waals surface area contributed by atoms with Gasteiger partial charge in [-0.2, -0.15) is 17.5 Å². The molecule has 2 N–H and O–H groups in total. The number of halogens is 3. The topological polar surface area (TPSA) is 70.9 Å². The van der Waals surface area contributed by atoms with E-state index in [1.807, 2.05) is 42.5 Å². The van der Waals surface area contributed by atoms with Gasteiger partial charge in [0.1, 0.15) is 0 Å². The number of alkyl halides is 3. The van der Waals surface area contributed by atoms with Crippen LogP contribution in [0.1, 0.15) is 5.56 Å². The molecule has 1 aliphatic heterocycles. The van der Waals surface area contributed by atoms with Crippen LogP contribution in [0.5, 0.6) is 0 Å². The Hall–Kier alpha value is -2.95. The summed E-state index contributed by atoms with van der Waals surface area (Å²) in [5.74, 6) is -0.209. The summed E-state index contributed by atoms with van der Waals surface area (Å²) in [5, 5.41) is 4.92. The lowest BCUT2D eigenvalue weighted by atomic mass is 10.1. The van der Waals surface area contributed by atoms with E-state index in [9.17, 15) is 26.4 Å². The van der Waals surface area contributed by atoms with Gasteiger partial charge in [0.15, 0.2) is 6.54 Å². The van der Waals surface area contributed by atoms with Crippen LogP contribution in [0.25, 0.3) is 10.8 Å². The second-order valence-electron chi connectivity index (χ2n) is 7.93. The van der Waals surface area contributed by atoms with Gasteiger partial charge in [0.25, 0.3) is 5.91 Å². The van der Waals surface area contributed by atoms with Crippen LogP contribution < -0.4 is 10.2 Å². The first-order chi connectivity index (χ1) is 15.6. The standard InChI is InChI=1S/C23H22F3N3O3S/c24-23(25,26)20-7-3-4-8-21(20)33(31,32)29-13-11-28(12-14-29)16-22(30)27-19-10-9-17-5-1-2-6-18(17)15-19/h1-10,15H,11-14,16H2,(H,27,30)/p+1. The summed E-state index contributed by atoms with van der Waals surface area (Å²) in [6.45, 7) is 0.844. The van der Waals surface area contributed by atoms with E-state index >= 15 is 0 Å². The van der Waals surface area contributed by atoms with Crippen molar-refractivity contribution in [1.29, 1.82) is 0 Å². The largest absolute Gasteiger partial charge is 0.417 e. The zero-order chi connectivity index (χ0) is 23.6. The first-order valence-corrected chi connectivity index (χ1v) is 11.9. The molecule has 0 atom stereocenters. The molecule has 3 aromatic rings. The van der Waals surface area contributed by atoms with Crippen molar-refractivity contribution >= 4 is 32.4 Å². The Labute approximate surface area is 189 Å². The maximum atomic E-state index is 13.3. The molecule has 1 amide bonds. The lowest BCUT2D eigenvalue weighted by Gasteiger charge is -2.31. The highest BCUT2D eigenvalue weighted by molar-refractivity contribution is 7.89. The zero-order valence-electron chi connectivity index (χ0n) is 17.6. The molecule has 4 rings (SSSR count). The van der Waals surface area contributed by atoms with E-state index < -0.39 is 26.7 Å². The quantitative estimate of drug-likeness (QED) is 0.592. The van der Waals surface area contributed by atoms with Crippen molar-refractivity contribution in [3.05, 3.63) is 72.3 Å². The van der Waals surface area contributed by atoms with Gasteiger partial charge in [0.2, 0.25) is 10.0 Å². The molecule has 0 aliphatic carbocycles. The molecular formula is C23H23F3N3O3S+. The van der Waals surface area contributed by atoms with E-state index in [1.165, 1.54) is 6.07 Å². The van der Waals surface area contributed by atoms with Crippen molar-refractivity contribution in [2.24, 2.45) is 0 Å². The van der Waals surface area contributed by atoms with Gasteiger partial charge in [-0.05, 0) is 35.0 Å². The molecule has 1 aliphatic rings. The Kier molecular flexibility index (Phi) is 6.42. The van der Waals surface area contributed by atoms with Crippen LogP contribution in [0, 0.1) is 0 Å². The van der Waals surface area contributed by atoms with Gasteiger partial charge < -0.3 is 10.2 Å². The van der Waals surface area contributed by atoms with Crippen molar-refractivity contribution in [3.63, 3.8) is 0 Å². The Balaban J connectivity index is 1.37. The average Bonchev–Trinajstić information content (AvgIpc) is 2.79. The van der Waals surface area contributed by atoms with Crippen LogP contribution in [0.15, 0.2) is 71.6 Å². The molecule has 33 heavy (non-hydrogen) atoms. The molecule has 6 nitrogen and oxygen atoms in total. The third-order valence-electron chi connectivity index (χ3n) is 5.68. The van der Waals surface area contributed by atoms with Gasteiger partial charge in [-0.3, -0.25) is 4.79 Å². The minimum Gasteiger partial charge on any atom is -0.325 e. The van der Waals surface area contributed by atoms with E-state index in [0.29, 0.717) is 18.8 Å². The molecule has 1 fully saturated rings. The summed E-state index contributed by atoms with van der Waals surface area (Å²) in [7, 11) is -4.30. The van der Waals surface area contributed by atoms with Gasteiger partial charge in [-0.15, -0.1) is 0 Å². The zero-order valence-corrected chi connectivity index (χ0v) is 18.4. The second-order valence-corrected chi connectivity index (χ2v) is 9.84. The van der Waals surface area contributed by atoms with Gasteiger partial charge in [0, 0.05) is 5.69 Å². The number of fused-ring (bicyclic) bond motifs is 1. The molecule has 0 unspecified atom stereocenters. The summed E-state index contributed by atoms with van der Waals surface area (Å²) >= 11 is 0. The molecule has 0 saturated carbocycles. The maximum absolute atomic E-state index is 13.3. The number of hydrogen-bond donors (Lipinski definition) is 2. The van der Waals surface area contributed by atoms with Gasteiger partial charge in [-0.25, -0.2) is 8.42 Å². The molecule has 174 valence electrons. The SMILES string of the molecule is O=C(C[NH+]1CCN(S(=O)(=O)c2ccccc2C(F)(F)F)CC1)Nc1ccc2ccccc2c1. The third-order valence-corrected chi connectivity index (χ3v) is 7.64. The normalized spacial score (nSPS) is 16.1. The number of sulfonamides is 1. The number of quaternary nitrogens is 1. The lowest BCUT2D eigenvalue weighted by molar-refractivity contribution is -0.895. The first kappa shape index (κ1) is 23.2. The minimum absolute atomic E-state index is 0.0348.